The second kappa shape index (κ2) is 4.90. The van der Waals surface area contributed by atoms with Gasteiger partial charge in [-0.3, -0.25) is 4.79 Å². The van der Waals surface area contributed by atoms with E-state index in [-0.39, 0.29) is 6.29 Å². The first-order chi connectivity index (χ1) is 6.33. The quantitative estimate of drug-likeness (QED) is 0.504. The van der Waals surface area contributed by atoms with Crippen LogP contribution in [-0.4, -0.2) is 18.8 Å². The third-order valence-electron chi connectivity index (χ3n) is 1.58. The molecule has 1 atom stereocenters. The van der Waals surface area contributed by atoms with Gasteiger partial charge in [-0.2, -0.15) is 0 Å². The first-order valence-corrected chi connectivity index (χ1v) is 3.95. The summed E-state index contributed by atoms with van der Waals surface area (Å²) in [5.74, 6) is -0.441. The number of nitrogens with one attached hydrogen (secondary N) is 1. The Morgan fingerprint density at radius 2 is 2.75 bits per heavy atom. The molecule has 0 radical (unpaired) electrons. The third kappa shape index (κ3) is 3.02. The average molecular weight is 172 g/mol. The van der Waals surface area contributed by atoms with Gasteiger partial charge in [0, 0.05) is 13.0 Å². The van der Waals surface area contributed by atoms with Crippen LogP contribution in [-0.2, 0) is 14.4 Å². The van der Waals surface area contributed by atoms with E-state index in [0.29, 0.717) is 6.61 Å². The SMILES string of the molecule is [2H]/C=C/C(=O)NOC1CCCCO1. The Bertz CT molecular complexity index is 190. The van der Waals surface area contributed by atoms with E-state index in [0.717, 1.165) is 31.9 Å². The Morgan fingerprint density at radius 1 is 1.83 bits per heavy atom. The molecule has 1 aliphatic rings. The van der Waals surface area contributed by atoms with Crippen LogP contribution in [0.5, 0.6) is 0 Å². The minimum absolute atomic E-state index is 0.336. The fourth-order valence-electron chi connectivity index (χ4n) is 0.962. The molecular weight excluding hydrogens is 158 g/mol. The highest BCUT2D eigenvalue weighted by atomic mass is 16.8. The van der Waals surface area contributed by atoms with Gasteiger partial charge in [0.15, 0.2) is 6.29 Å². The summed E-state index contributed by atoms with van der Waals surface area (Å²) in [4.78, 5) is 15.7. The van der Waals surface area contributed by atoms with Gasteiger partial charge in [0.05, 0.1) is 1.37 Å². The lowest BCUT2D eigenvalue weighted by molar-refractivity contribution is -0.198. The number of carbonyl (C=O) groups excluding carboxylic acids is 1. The molecule has 1 saturated heterocycles. The van der Waals surface area contributed by atoms with E-state index in [1.165, 1.54) is 0 Å². The minimum atomic E-state index is -0.441. The molecule has 0 aliphatic carbocycles. The highest BCUT2D eigenvalue weighted by Crippen LogP contribution is 2.12. The number of rotatable bonds is 3. The molecule has 68 valence electrons. The summed E-state index contributed by atoms with van der Waals surface area (Å²) in [6, 6.07) is 0. The molecule has 0 spiro atoms. The first kappa shape index (κ1) is 7.76. The Labute approximate surface area is 72.9 Å². The smallest absolute Gasteiger partial charge is 0.267 e. The Kier molecular flexibility index (Phi) is 3.17. The normalized spacial score (nSPS) is 25.3. The molecule has 1 aliphatic heterocycles. The van der Waals surface area contributed by atoms with E-state index in [1.807, 2.05) is 0 Å². The lowest BCUT2D eigenvalue weighted by Crippen LogP contribution is -2.32. The van der Waals surface area contributed by atoms with Crippen molar-refractivity contribution in [3.63, 3.8) is 0 Å². The van der Waals surface area contributed by atoms with Crippen LogP contribution in [0.2, 0.25) is 0 Å². The molecule has 4 nitrogen and oxygen atoms in total. The number of amides is 1. The summed E-state index contributed by atoms with van der Waals surface area (Å²) in [5.41, 5.74) is 2.18. The lowest BCUT2D eigenvalue weighted by atomic mass is 10.2. The van der Waals surface area contributed by atoms with Crippen LogP contribution in [0.25, 0.3) is 0 Å². The maximum Gasteiger partial charge on any atom is 0.267 e. The van der Waals surface area contributed by atoms with Crippen LogP contribution in [0.15, 0.2) is 12.6 Å². The van der Waals surface area contributed by atoms with Crippen molar-refractivity contribution in [2.24, 2.45) is 0 Å². The summed E-state index contributed by atoms with van der Waals surface area (Å²) < 4.78 is 11.8. The number of hydrogen-bond donors (Lipinski definition) is 1. The van der Waals surface area contributed by atoms with E-state index >= 15 is 0 Å². The van der Waals surface area contributed by atoms with Crippen LogP contribution in [0.1, 0.15) is 20.6 Å². The van der Waals surface area contributed by atoms with Crippen LogP contribution in [0.3, 0.4) is 0 Å². The van der Waals surface area contributed by atoms with Crippen molar-refractivity contribution >= 4 is 5.91 Å². The molecule has 1 amide bonds. The number of hydrogen-bond acceptors (Lipinski definition) is 3. The molecule has 1 unspecified atom stereocenters. The van der Waals surface area contributed by atoms with Crippen molar-refractivity contribution in [1.29, 1.82) is 0 Å². The molecule has 4 heteroatoms. The lowest BCUT2D eigenvalue weighted by Gasteiger charge is -2.21. The van der Waals surface area contributed by atoms with Gasteiger partial charge in [-0.05, 0) is 18.9 Å². The molecule has 1 heterocycles. The predicted octanol–water partition coefficient (Wildman–Crippen LogP) is 0.747. The van der Waals surface area contributed by atoms with Crippen molar-refractivity contribution in [2.75, 3.05) is 6.61 Å². The highest BCUT2D eigenvalue weighted by Gasteiger charge is 2.14. The van der Waals surface area contributed by atoms with E-state index in [2.05, 4.69) is 5.48 Å². The molecule has 0 bridgehead atoms. The summed E-state index contributed by atoms with van der Waals surface area (Å²) >= 11 is 0. The number of ether oxygens (including phenoxy) is 1. The molecule has 0 aromatic rings. The van der Waals surface area contributed by atoms with Crippen LogP contribution in [0, 0.1) is 0 Å². The monoisotopic (exact) mass is 172 g/mol. The maximum absolute atomic E-state index is 10.8. The molecule has 1 N–H and O–H groups in total. The van der Waals surface area contributed by atoms with Gasteiger partial charge in [-0.15, -0.1) is 0 Å². The van der Waals surface area contributed by atoms with Gasteiger partial charge in [-0.1, -0.05) is 6.55 Å². The summed E-state index contributed by atoms with van der Waals surface area (Å²) in [6.07, 6.45) is 3.62. The molecule has 1 rings (SSSR count). The van der Waals surface area contributed by atoms with Crippen LogP contribution >= 0.6 is 0 Å². The topological polar surface area (TPSA) is 47.6 Å². The van der Waals surface area contributed by atoms with Crippen molar-refractivity contribution in [2.45, 2.75) is 25.6 Å². The van der Waals surface area contributed by atoms with Gasteiger partial charge in [0.25, 0.3) is 5.91 Å². The van der Waals surface area contributed by atoms with Crippen LogP contribution in [0.4, 0.5) is 0 Å². The molecular formula is C8H13NO3. The fraction of sp³-hybridized carbons (Fsp3) is 0.625. The first-order valence-electron chi connectivity index (χ1n) is 4.53. The zero-order chi connectivity index (χ0) is 9.52. The summed E-state index contributed by atoms with van der Waals surface area (Å²) in [7, 11) is 0. The van der Waals surface area contributed by atoms with Gasteiger partial charge in [0.2, 0.25) is 0 Å². The highest BCUT2D eigenvalue weighted by molar-refractivity contribution is 5.85. The molecule has 0 aromatic heterocycles. The zero-order valence-corrected chi connectivity index (χ0v) is 6.79. The van der Waals surface area contributed by atoms with E-state index in [9.17, 15) is 4.79 Å². The number of carbonyl (C=O) groups is 1. The summed E-state index contributed by atoms with van der Waals surface area (Å²) in [5, 5.41) is 0. The Morgan fingerprint density at radius 3 is 3.42 bits per heavy atom. The minimum Gasteiger partial charge on any atom is -0.350 e. The summed E-state index contributed by atoms with van der Waals surface area (Å²) in [6.45, 7) is 1.58. The molecule has 0 saturated carbocycles. The Hall–Kier alpha value is -0.870. The predicted molar refractivity (Wildman–Crippen MR) is 43.0 cm³/mol. The van der Waals surface area contributed by atoms with E-state index < -0.39 is 5.91 Å². The van der Waals surface area contributed by atoms with Gasteiger partial charge in [0.1, 0.15) is 0 Å². The van der Waals surface area contributed by atoms with Crippen molar-refractivity contribution in [1.82, 2.24) is 5.48 Å². The number of hydroxylamine groups is 1. The maximum atomic E-state index is 10.8. The Balaban J connectivity index is 2.13. The zero-order valence-electron chi connectivity index (χ0n) is 7.79. The standard InChI is InChI=1S/C8H13NO3/c1-2-7(10)9-12-8-5-3-4-6-11-8/h2,8H,1,3-6H2,(H,9,10)/i1D/b2-1+. The second-order valence-electron chi connectivity index (χ2n) is 2.55. The fourth-order valence-corrected chi connectivity index (χ4v) is 0.962. The molecule has 1 fully saturated rings. The van der Waals surface area contributed by atoms with Crippen molar-refractivity contribution in [3.8, 4) is 0 Å². The molecule has 12 heavy (non-hydrogen) atoms. The van der Waals surface area contributed by atoms with Gasteiger partial charge < -0.3 is 4.74 Å². The van der Waals surface area contributed by atoms with Crippen molar-refractivity contribution in [3.05, 3.63) is 12.6 Å². The van der Waals surface area contributed by atoms with Crippen LogP contribution < -0.4 is 5.48 Å². The van der Waals surface area contributed by atoms with Crippen molar-refractivity contribution < 1.29 is 15.7 Å². The van der Waals surface area contributed by atoms with E-state index in [4.69, 9.17) is 10.9 Å². The average Bonchev–Trinajstić information content (AvgIpc) is 2.17. The van der Waals surface area contributed by atoms with Gasteiger partial charge >= 0.3 is 0 Å². The second-order valence-corrected chi connectivity index (χ2v) is 2.55. The van der Waals surface area contributed by atoms with Gasteiger partial charge in [-0.25, -0.2) is 10.3 Å². The largest absolute Gasteiger partial charge is 0.350 e. The molecule has 0 aromatic carbocycles. The third-order valence-corrected chi connectivity index (χ3v) is 1.58. The van der Waals surface area contributed by atoms with E-state index in [1.54, 1.807) is 0 Å².